The van der Waals surface area contributed by atoms with Gasteiger partial charge in [-0.25, -0.2) is 0 Å². The van der Waals surface area contributed by atoms with Crippen LogP contribution in [0.4, 0.5) is 11.7 Å². The summed E-state index contributed by atoms with van der Waals surface area (Å²) in [6.45, 7) is 2.07. The Morgan fingerprint density at radius 1 is 1.24 bits per heavy atom. The van der Waals surface area contributed by atoms with Gasteiger partial charge in [-0.15, -0.1) is 0 Å². The van der Waals surface area contributed by atoms with E-state index in [4.69, 9.17) is 21.8 Å². The zero-order valence-electron chi connectivity index (χ0n) is 11.9. The van der Waals surface area contributed by atoms with E-state index in [1.807, 2.05) is 54.4 Å². The zero-order chi connectivity index (χ0) is 15.0. The summed E-state index contributed by atoms with van der Waals surface area (Å²) in [7, 11) is 1.94. The molecule has 5 heteroatoms. The van der Waals surface area contributed by atoms with Crippen LogP contribution in [0.15, 0.2) is 46.9 Å². The first-order chi connectivity index (χ1) is 10.1. The summed E-state index contributed by atoms with van der Waals surface area (Å²) in [5.41, 5.74) is 9.01. The molecular formula is C16H16ClN3O. The zero-order valence-corrected chi connectivity index (χ0v) is 12.6. The molecule has 0 saturated carbocycles. The molecule has 1 unspecified atom stereocenters. The third-order valence-corrected chi connectivity index (χ3v) is 3.89. The van der Waals surface area contributed by atoms with E-state index in [1.165, 1.54) is 0 Å². The summed E-state index contributed by atoms with van der Waals surface area (Å²) < 4.78 is 5.79. The average molecular weight is 302 g/mol. The van der Waals surface area contributed by atoms with E-state index in [2.05, 4.69) is 11.9 Å². The lowest BCUT2D eigenvalue weighted by molar-refractivity contribution is 0.557. The van der Waals surface area contributed by atoms with Crippen LogP contribution in [0.3, 0.4) is 0 Å². The highest BCUT2D eigenvalue weighted by Crippen LogP contribution is 2.30. The number of benzene rings is 2. The molecule has 0 amide bonds. The predicted molar refractivity (Wildman–Crippen MR) is 86.7 cm³/mol. The van der Waals surface area contributed by atoms with E-state index in [1.54, 1.807) is 0 Å². The van der Waals surface area contributed by atoms with Gasteiger partial charge in [0, 0.05) is 12.1 Å². The van der Waals surface area contributed by atoms with E-state index in [0.29, 0.717) is 22.8 Å². The molecule has 0 fully saturated rings. The Morgan fingerprint density at radius 2 is 2.00 bits per heavy atom. The fourth-order valence-corrected chi connectivity index (χ4v) is 2.46. The van der Waals surface area contributed by atoms with Crippen molar-refractivity contribution in [2.75, 3.05) is 17.7 Å². The van der Waals surface area contributed by atoms with Gasteiger partial charge in [0.05, 0.1) is 11.7 Å². The Balaban J connectivity index is 1.96. The highest BCUT2D eigenvalue weighted by Gasteiger charge is 2.18. The lowest BCUT2D eigenvalue weighted by Crippen LogP contribution is -2.21. The van der Waals surface area contributed by atoms with Crippen molar-refractivity contribution >= 4 is 34.4 Å². The van der Waals surface area contributed by atoms with Crippen molar-refractivity contribution in [2.24, 2.45) is 0 Å². The van der Waals surface area contributed by atoms with Crippen LogP contribution in [0.5, 0.6) is 0 Å². The first kappa shape index (κ1) is 13.8. The Kier molecular flexibility index (Phi) is 3.47. The van der Waals surface area contributed by atoms with Gasteiger partial charge >= 0.3 is 0 Å². The number of nitrogens with zero attached hydrogens (tertiary/aromatic N) is 2. The maximum atomic E-state index is 6.05. The molecule has 1 aromatic heterocycles. The SMILES string of the molecule is CC(c1cccc(Cl)c1)N(C)c1nc2c(N)cccc2o1. The molecule has 0 aliphatic carbocycles. The second-order valence-electron chi connectivity index (χ2n) is 5.03. The summed E-state index contributed by atoms with van der Waals surface area (Å²) in [5.74, 6) is 0. The normalized spacial score (nSPS) is 12.5. The second kappa shape index (κ2) is 5.30. The van der Waals surface area contributed by atoms with E-state index in [0.717, 1.165) is 10.6 Å². The molecule has 1 heterocycles. The fourth-order valence-electron chi connectivity index (χ4n) is 2.26. The van der Waals surface area contributed by atoms with Crippen LogP contribution in [0, 0.1) is 0 Å². The molecule has 0 aliphatic rings. The molecule has 4 nitrogen and oxygen atoms in total. The number of para-hydroxylation sites is 1. The van der Waals surface area contributed by atoms with Crippen molar-refractivity contribution in [3.8, 4) is 0 Å². The third-order valence-electron chi connectivity index (χ3n) is 3.65. The number of anilines is 2. The van der Waals surface area contributed by atoms with Gasteiger partial charge < -0.3 is 15.1 Å². The van der Waals surface area contributed by atoms with Gasteiger partial charge in [0.15, 0.2) is 5.58 Å². The molecular weight excluding hydrogens is 286 g/mol. The lowest BCUT2D eigenvalue weighted by Gasteiger charge is -2.23. The highest BCUT2D eigenvalue weighted by molar-refractivity contribution is 6.30. The van der Waals surface area contributed by atoms with Gasteiger partial charge in [0.2, 0.25) is 0 Å². The Morgan fingerprint density at radius 3 is 2.71 bits per heavy atom. The number of halogens is 1. The molecule has 21 heavy (non-hydrogen) atoms. The number of hydrogen-bond donors (Lipinski definition) is 1. The standard InChI is InChI=1S/C16H16ClN3O/c1-10(11-5-3-6-12(17)9-11)20(2)16-19-15-13(18)7-4-8-14(15)21-16/h3-10H,18H2,1-2H3. The van der Waals surface area contributed by atoms with Crippen LogP contribution in [0.2, 0.25) is 5.02 Å². The van der Waals surface area contributed by atoms with Crippen molar-refractivity contribution in [3.63, 3.8) is 0 Å². The lowest BCUT2D eigenvalue weighted by atomic mass is 10.1. The van der Waals surface area contributed by atoms with E-state index in [-0.39, 0.29) is 6.04 Å². The van der Waals surface area contributed by atoms with Gasteiger partial charge in [-0.2, -0.15) is 4.98 Å². The van der Waals surface area contributed by atoms with E-state index >= 15 is 0 Å². The highest BCUT2D eigenvalue weighted by atomic mass is 35.5. The Labute approximate surface area is 128 Å². The Hall–Kier alpha value is -2.20. The predicted octanol–water partition coefficient (Wildman–Crippen LogP) is 4.26. The van der Waals surface area contributed by atoms with Crippen molar-refractivity contribution in [3.05, 3.63) is 53.1 Å². The van der Waals surface area contributed by atoms with Crippen LogP contribution in [-0.4, -0.2) is 12.0 Å². The molecule has 0 bridgehead atoms. The smallest absolute Gasteiger partial charge is 0.298 e. The van der Waals surface area contributed by atoms with Gasteiger partial charge in [-0.1, -0.05) is 29.8 Å². The number of hydrogen-bond acceptors (Lipinski definition) is 4. The van der Waals surface area contributed by atoms with Crippen LogP contribution in [-0.2, 0) is 0 Å². The fraction of sp³-hybridized carbons (Fsp3) is 0.188. The molecule has 1 atom stereocenters. The van der Waals surface area contributed by atoms with Crippen molar-refractivity contribution in [1.29, 1.82) is 0 Å². The maximum Gasteiger partial charge on any atom is 0.298 e. The maximum absolute atomic E-state index is 6.05. The summed E-state index contributed by atoms with van der Waals surface area (Å²) >= 11 is 6.05. The molecule has 3 aromatic rings. The molecule has 2 N–H and O–H groups in total. The van der Waals surface area contributed by atoms with Crippen molar-refractivity contribution < 1.29 is 4.42 Å². The molecule has 3 rings (SSSR count). The minimum Gasteiger partial charge on any atom is -0.423 e. The average Bonchev–Trinajstić information content (AvgIpc) is 2.91. The van der Waals surface area contributed by atoms with Gasteiger partial charge in [0.25, 0.3) is 6.01 Å². The first-order valence-electron chi connectivity index (χ1n) is 6.69. The van der Waals surface area contributed by atoms with Crippen LogP contribution >= 0.6 is 11.6 Å². The molecule has 0 spiro atoms. The minimum atomic E-state index is 0.0815. The van der Waals surface area contributed by atoms with Crippen LogP contribution in [0.1, 0.15) is 18.5 Å². The Bertz CT molecular complexity index is 784. The number of nitrogen functional groups attached to an aromatic ring is 1. The number of rotatable bonds is 3. The van der Waals surface area contributed by atoms with Crippen molar-refractivity contribution in [1.82, 2.24) is 4.98 Å². The minimum absolute atomic E-state index is 0.0815. The number of fused-ring (bicyclic) bond motifs is 1. The van der Waals surface area contributed by atoms with Gasteiger partial charge in [0.1, 0.15) is 5.52 Å². The molecule has 0 radical (unpaired) electrons. The number of aromatic nitrogens is 1. The third kappa shape index (κ3) is 2.54. The van der Waals surface area contributed by atoms with Gasteiger partial charge in [-0.05, 0) is 36.8 Å². The second-order valence-corrected chi connectivity index (χ2v) is 5.47. The summed E-state index contributed by atoms with van der Waals surface area (Å²) in [4.78, 5) is 6.45. The molecule has 0 saturated heterocycles. The topological polar surface area (TPSA) is 55.3 Å². The molecule has 108 valence electrons. The first-order valence-corrected chi connectivity index (χ1v) is 7.07. The van der Waals surface area contributed by atoms with E-state index < -0.39 is 0 Å². The largest absolute Gasteiger partial charge is 0.423 e. The molecule has 0 aliphatic heterocycles. The van der Waals surface area contributed by atoms with Crippen LogP contribution in [0.25, 0.3) is 11.1 Å². The number of nitrogens with two attached hydrogens (primary N) is 1. The van der Waals surface area contributed by atoms with Crippen molar-refractivity contribution in [2.45, 2.75) is 13.0 Å². The summed E-state index contributed by atoms with van der Waals surface area (Å²) in [5, 5.41) is 0.717. The molecule has 2 aromatic carbocycles. The number of oxazole rings is 1. The summed E-state index contributed by atoms with van der Waals surface area (Å²) in [6, 6.07) is 13.9. The summed E-state index contributed by atoms with van der Waals surface area (Å²) in [6.07, 6.45) is 0. The van der Waals surface area contributed by atoms with Crippen LogP contribution < -0.4 is 10.6 Å². The van der Waals surface area contributed by atoms with Gasteiger partial charge in [-0.3, -0.25) is 0 Å². The quantitative estimate of drug-likeness (QED) is 0.734. The van der Waals surface area contributed by atoms with E-state index in [9.17, 15) is 0 Å². The monoisotopic (exact) mass is 301 g/mol.